The van der Waals surface area contributed by atoms with Gasteiger partial charge in [-0.25, -0.2) is 0 Å². The molecule has 8 nitrogen and oxygen atoms in total. The first-order valence-electron chi connectivity index (χ1n) is 12.8. The number of hydrogen-bond acceptors (Lipinski definition) is 6. The summed E-state index contributed by atoms with van der Waals surface area (Å²) in [5.74, 6) is 0.553. The third kappa shape index (κ3) is 5.30. The average Bonchev–Trinajstić information content (AvgIpc) is 3.55. The van der Waals surface area contributed by atoms with Crippen molar-refractivity contribution >= 4 is 5.91 Å². The van der Waals surface area contributed by atoms with E-state index in [0.29, 0.717) is 11.5 Å². The summed E-state index contributed by atoms with van der Waals surface area (Å²) >= 11 is 0. The van der Waals surface area contributed by atoms with E-state index in [9.17, 15) is 10.1 Å². The van der Waals surface area contributed by atoms with Crippen molar-refractivity contribution in [1.29, 1.82) is 5.26 Å². The lowest BCUT2D eigenvalue weighted by Gasteiger charge is -2.28. The van der Waals surface area contributed by atoms with E-state index in [1.165, 1.54) is 19.3 Å². The van der Waals surface area contributed by atoms with Crippen molar-refractivity contribution in [3.8, 4) is 28.8 Å². The zero-order valence-corrected chi connectivity index (χ0v) is 21.0. The van der Waals surface area contributed by atoms with Gasteiger partial charge in [0.2, 0.25) is 0 Å². The molecule has 1 aliphatic carbocycles. The molecule has 1 aromatic heterocycles. The lowest BCUT2D eigenvalue weighted by atomic mass is 9.87. The molecule has 1 aromatic carbocycles. The number of nitriles is 1. The second-order valence-corrected chi connectivity index (χ2v) is 9.65. The third-order valence-electron chi connectivity index (χ3n) is 7.50. The van der Waals surface area contributed by atoms with E-state index in [-0.39, 0.29) is 24.1 Å². The van der Waals surface area contributed by atoms with E-state index in [4.69, 9.17) is 20.3 Å². The Kier molecular flexibility index (Phi) is 8.29. The van der Waals surface area contributed by atoms with Gasteiger partial charge in [0.1, 0.15) is 11.5 Å². The van der Waals surface area contributed by atoms with Crippen LogP contribution in [0.2, 0.25) is 0 Å². The van der Waals surface area contributed by atoms with Gasteiger partial charge in [-0.1, -0.05) is 25.3 Å². The number of nitrogens with two attached hydrogens (primary N) is 1. The van der Waals surface area contributed by atoms with E-state index >= 15 is 0 Å². The number of methoxy groups -OCH3 is 2. The van der Waals surface area contributed by atoms with Crippen LogP contribution in [0, 0.1) is 11.3 Å². The van der Waals surface area contributed by atoms with Gasteiger partial charge >= 0.3 is 0 Å². The number of aromatic nitrogens is 2. The van der Waals surface area contributed by atoms with Crippen LogP contribution in [0.25, 0.3) is 11.3 Å². The average molecular weight is 480 g/mol. The summed E-state index contributed by atoms with van der Waals surface area (Å²) in [7, 11) is 3.26. The monoisotopic (exact) mass is 479 g/mol. The highest BCUT2D eigenvalue weighted by Gasteiger charge is 2.34. The first-order valence-corrected chi connectivity index (χ1v) is 12.8. The molecule has 0 spiro atoms. The number of nitrogens with zero attached hydrogens (tertiary/aromatic N) is 4. The number of likely N-dealkylation sites (tertiary alicyclic amines) is 1. The van der Waals surface area contributed by atoms with Crippen LogP contribution in [-0.4, -0.2) is 54.4 Å². The van der Waals surface area contributed by atoms with Gasteiger partial charge in [0.25, 0.3) is 5.91 Å². The molecule has 8 heteroatoms. The van der Waals surface area contributed by atoms with Crippen molar-refractivity contribution in [2.75, 3.05) is 33.9 Å². The fourth-order valence-corrected chi connectivity index (χ4v) is 5.74. The summed E-state index contributed by atoms with van der Waals surface area (Å²) in [6, 6.07) is 8.20. The molecule has 1 saturated heterocycles. The number of amides is 1. The minimum Gasteiger partial charge on any atom is -0.496 e. The fourth-order valence-electron chi connectivity index (χ4n) is 5.74. The van der Waals surface area contributed by atoms with Crippen molar-refractivity contribution in [2.24, 2.45) is 5.73 Å². The zero-order valence-electron chi connectivity index (χ0n) is 21.0. The quantitative estimate of drug-likeness (QED) is 0.531. The lowest BCUT2D eigenvalue weighted by molar-refractivity contribution is 0.0993. The van der Waals surface area contributed by atoms with E-state index in [0.717, 1.165) is 68.6 Å². The van der Waals surface area contributed by atoms with Crippen molar-refractivity contribution in [3.05, 3.63) is 29.5 Å². The summed E-state index contributed by atoms with van der Waals surface area (Å²) in [6.07, 6.45) is 8.94. The SMILES string of the molecule is COc1cccc(OC)c1-c1c(C(CC#N)CCN2CCCCC2)c(C(N)=O)nn1C1CCCC1. The molecular weight excluding hydrogens is 442 g/mol. The number of ether oxygens (including phenoxy) is 2. The highest BCUT2D eigenvalue weighted by molar-refractivity contribution is 5.95. The largest absolute Gasteiger partial charge is 0.496 e. The number of rotatable bonds is 10. The third-order valence-corrected chi connectivity index (χ3v) is 7.50. The Labute approximate surface area is 208 Å². The van der Waals surface area contributed by atoms with Gasteiger partial charge in [0.05, 0.1) is 37.6 Å². The Hall–Kier alpha value is -3.05. The molecule has 1 saturated carbocycles. The van der Waals surface area contributed by atoms with Crippen LogP contribution >= 0.6 is 0 Å². The smallest absolute Gasteiger partial charge is 0.269 e. The van der Waals surface area contributed by atoms with Crippen LogP contribution in [0.4, 0.5) is 0 Å². The van der Waals surface area contributed by atoms with Crippen molar-refractivity contribution in [2.45, 2.75) is 69.7 Å². The molecule has 4 rings (SSSR count). The van der Waals surface area contributed by atoms with Crippen LogP contribution in [0.3, 0.4) is 0 Å². The Morgan fingerprint density at radius 2 is 1.80 bits per heavy atom. The Bertz CT molecular complexity index is 1040. The maximum atomic E-state index is 12.7. The number of benzene rings is 1. The first kappa shape index (κ1) is 25.1. The Balaban J connectivity index is 1.89. The molecule has 35 heavy (non-hydrogen) atoms. The van der Waals surface area contributed by atoms with E-state index in [1.54, 1.807) is 14.2 Å². The second-order valence-electron chi connectivity index (χ2n) is 9.65. The van der Waals surface area contributed by atoms with E-state index < -0.39 is 5.91 Å². The molecule has 1 aliphatic heterocycles. The van der Waals surface area contributed by atoms with Gasteiger partial charge < -0.3 is 20.1 Å². The molecule has 1 unspecified atom stereocenters. The summed E-state index contributed by atoms with van der Waals surface area (Å²) in [6.45, 7) is 3.04. The number of primary amides is 1. The van der Waals surface area contributed by atoms with Gasteiger partial charge in [-0.05, 0) is 63.9 Å². The van der Waals surface area contributed by atoms with Gasteiger partial charge in [0, 0.05) is 17.9 Å². The lowest BCUT2D eigenvalue weighted by Crippen LogP contribution is -2.31. The topological polar surface area (TPSA) is 106 Å². The van der Waals surface area contributed by atoms with Crippen LogP contribution in [0.15, 0.2) is 18.2 Å². The Morgan fingerprint density at radius 3 is 2.37 bits per heavy atom. The maximum absolute atomic E-state index is 12.7. The van der Waals surface area contributed by atoms with Crippen molar-refractivity contribution in [3.63, 3.8) is 0 Å². The van der Waals surface area contributed by atoms with E-state index in [2.05, 4.69) is 11.0 Å². The van der Waals surface area contributed by atoms with Gasteiger partial charge in [-0.15, -0.1) is 0 Å². The van der Waals surface area contributed by atoms with E-state index in [1.807, 2.05) is 22.9 Å². The van der Waals surface area contributed by atoms with Crippen LogP contribution in [0.5, 0.6) is 11.5 Å². The molecule has 0 bridgehead atoms. The normalized spacial score (nSPS) is 17.7. The summed E-state index contributed by atoms with van der Waals surface area (Å²) in [5.41, 5.74) is 8.50. The molecule has 188 valence electrons. The van der Waals surface area contributed by atoms with Crippen LogP contribution < -0.4 is 15.2 Å². The number of carbonyl (C=O) groups excluding carboxylic acids is 1. The molecule has 2 N–H and O–H groups in total. The number of hydrogen-bond donors (Lipinski definition) is 1. The molecule has 2 heterocycles. The van der Waals surface area contributed by atoms with Crippen molar-refractivity contribution < 1.29 is 14.3 Å². The molecule has 2 aliphatic rings. The number of piperidine rings is 1. The summed E-state index contributed by atoms with van der Waals surface area (Å²) in [5, 5.41) is 14.6. The standard InChI is InChI=1S/C27H37N5O3/c1-34-21-11-8-12-22(35-2)24(21)26-23(19(13-15-28)14-18-31-16-6-3-7-17-31)25(27(29)33)30-32(26)20-9-4-5-10-20/h8,11-12,19-20H,3-7,9-10,13-14,16-18H2,1-2H3,(H2,29,33). The molecule has 2 aromatic rings. The predicted octanol–water partition coefficient (Wildman–Crippen LogP) is 4.65. The zero-order chi connectivity index (χ0) is 24.8. The molecule has 0 radical (unpaired) electrons. The minimum atomic E-state index is -0.562. The van der Waals surface area contributed by atoms with Crippen molar-refractivity contribution in [1.82, 2.24) is 14.7 Å². The van der Waals surface area contributed by atoms with Crippen LogP contribution in [-0.2, 0) is 0 Å². The molecular formula is C27H37N5O3. The molecule has 1 amide bonds. The highest BCUT2D eigenvalue weighted by Crippen LogP contribution is 2.47. The predicted molar refractivity (Wildman–Crippen MR) is 135 cm³/mol. The molecule has 1 atom stereocenters. The second kappa shape index (κ2) is 11.6. The van der Waals surface area contributed by atoms with Gasteiger partial charge in [0.15, 0.2) is 5.69 Å². The van der Waals surface area contributed by atoms with Gasteiger partial charge in [-0.2, -0.15) is 10.4 Å². The molecule has 2 fully saturated rings. The summed E-state index contributed by atoms with van der Waals surface area (Å²) < 4.78 is 13.5. The minimum absolute atomic E-state index is 0.163. The maximum Gasteiger partial charge on any atom is 0.269 e. The Morgan fingerprint density at radius 1 is 1.14 bits per heavy atom. The number of carbonyl (C=O) groups is 1. The highest BCUT2D eigenvalue weighted by atomic mass is 16.5. The first-order chi connectivity index (χ1) is 17.1. The summed E-state index contributed by atoms with van der Waals surface area (Å²) in [4.78, 5) is 15.2. The van der Waals surface area contributed by atoms with Gasteiger partial charge in [-0.3, -0.25) is 9.48 Å². The fraction of sp³-hybridized carbons (Fsp3) is 0.593. The van der Waals surface area contributed by atoms with Crippen LogP contribution in [0.1, 0.15) is 85.8 Å².